The number of benzene rings is 1. The fraction of sp³-hybridized carbons (Fsp3) is 0.611. The number of fused-ring (bicyclic) bond motifs is 1. The Kier molecular flexibility index (Phi) is 4.33. The first-order valence-corrected chi connectivity index (χ1v) is 9.04. The summed E-state index contributed by atoms with van der Waals surface area (Å²) in [4.78, 5) is 12.9. The Balaban J connectivity index is 1.75. The minimum atomic E-state index is 0.0556. The van der Waals surface area contributed by atoms with Gasteiger partial charge in [-0.2, -0.15) is 0 Å². The van der Waals surface area contributed by atoms with Crippen molar-refractivity contribution in [1.82, 2.24) is 19.8 Å². The van der Waals surface area contributed by atoms with E-state index in [1.807, 2.05) is 29.8 Å². The fourth-order valence-corrected chi connectivity index (χ4v) is 4.00. The van der Waals surface area contributed by atoms with Crippen molar-refractivity contribution in [2.24, 2.45) is 7.05 Å². The van der Waals surface area contributed by atoms with E-state index in [-0.39, 0.29) is 17.8 Å². The first-order chi connectivity index (χ1) is 11.8. The summed E-state index contributed by atoms with van der Waals surface area (Å²) in [5.74, 6) is 0.835. The summed E-state index contributed by atoms with van der Waals surface area (Å²) in [6, 6.07) is 6.27. The molecule has 0 radical (unpaired) electrons. The van der Waals surface area contributed by atoms with Gasteiger partial charge in [-0.15, -0.1) is 0 Å². The Bertz CT molecular complexity index is 767. The maximum Gasteiger partial charge on any atom is 0.329 e. The molecule has 2 saturated heterocycles. The molecule has 0 saturated carbocycles. The molecule has 3 heterocycles. The van der Waals surface area contributed by atoms with Gasteiger partial charge in [-0.3, -0.25) is 9.13 Å². The smallest absolute Gasteiger partial charge is 0.329 e. The van der Waals surface area contributed by atoms with Gasteiger partial charge < -0.3 is 15.4 Å². The average Bonchev–Trinajstić information content (AvgIpc) is 2.88. The summed E-state index contributed by atoms with van der Waals surface area (Å²) in [7, 11) is 1.85. The number of nitrogens with zero attached hydrogens (tertiary/aromatic N) is 2. The van der Waals surface area contributed by atoms with Crippen LogP contribution < -0.4 is 21.1 Å². The molecule has 4 rings (SSSR count). The van der Waals surface area contributed by atoms with E-state index in [4.69, 9.17) is 4.74 Å². The van der Waals surface area contributed by atoms with Crippen LogP contribution in [0.1, 0.15) is 31.7 Å². The van der Waals surface area contributed by atoms with Crippen molar-refractivity contribution < 1.29 is 4.74 Å². The lowest BCUT2D eigenvalue weighted by Gasteiger charge is -2.25. The van der Waals surface area contributed by atoms with Crippen LogP contribution in [0, 0.1) is 0 Å². The molecular weight excluding hydrogens is 304 g/mol. The maximum atomic E-state index is 12.9. The van der Waals surface area contributed by atoms with Gasteiger partial charge in [0.15, 0.2) is 0 Å². The van der Waals surface area contributed by atoms with E-state index >= 15 is 0 Å². The van der Waals surface area contributed by atoms with Crippen LogP contribution in [0.15, 0.2) is 23.0 Å². The number of nitrogens with one attached hydrogen (secondary N) is 2. The number of piperidine rings is 2. The molecule has 130 valence electrons. The van der Waals surface area contributed by atoms with Gasteiger partial charge in [-0.1, -0.05) is 6.07 Å². The quantitative estimate of drug-likeness (QED) is 0.893. The van der Waals surface area contributed by atoms with Gasteiger partial charge in [-0.25, -0.2) is 4.79 Å². The summed E-state index contributed by atoms with van der Waals surface area (Å²) < 4.78 is 9.98. The Hall–Kier alpha value is -1.79. The molecule has 2 aliphatic heterocycles. The molecule has 6 heteroatoms. The largest absolute Gasteiger partial charge is 0.488 e. The van der Waals surface area contributed by atoms with Crippen LogP contribution in [0.25, 0.3) is 11.0 Å². The third-order valence-electron chi connectivity index (χ3n) is 5.28. The molecule has 0 amide bonds. The number of aromatic nitrogens is 2. The van der Waals surface area contributed by atoms with Crippen LogP contribution >= 0.6 is 0 Å². The van der Waals surface area contributed by atoms with E-state index in [2.05, 4.69) is 10.6 Å². The lowest BCUT2D eigenvalue weighted by atomic mass is 10.1. The second-order valence-corrected chi connectivity index (χ2v) is 6.90. The van der Waals surface area contributed by atoms with Crippen molar-refractivity contribution in [2.45, 2.75) is 37.8 Å². The highest BCUT2D eigenvalue weighted by Crippen LogP contribution is 2.29. The van der Waals surface area contributed by atoms with Gasteiger partial charge in [0.2, 0.25) is 0 Å². The number of aryl methyl sites for hydroxylation is 1. The lowest BCUT2D eigenvalue weighted by Crippen LogP contribution is -2.36. The van der Waals surface area contributed by atoms with Crippen LogP contribution in [-0.4, -0.2) is 41.4 Å². The molecule has 0 spiro atoms. The third-order valence-corrected chi connectivity index (χ3v) is 5.28. The molecular formula is C18H26N4O2. The molecule has 6 nitrogen and oxygen atoms in total. The number of para-hydroxylation sites is 1. The van der Waals surface area contributed by atoms with Crippen LogP contribution in [0.3, 0.4) is 0 Å². The van der Waals surface area contributed by atoms with Gasteiger partial charge in [-0.05, 0) is 57.5 Å². The Labute approximate surface area is 141 Å². The zero-order valence-corrected chi connectivity index (χ0v) is 14.3. The van der Waals surface area contributed by atoms with E-state index in [1.54, 1.807) is 4.57 Å². The minimum Gasteiger partial charge on any atom is -0.488 e. The van der Waals surface area contributed by atoms with Gasteiger partial charge in [0.25, 0.3) is 0 Å². The zero-order valence-electron chi connectivity index (χ0n) is 14.3. The third kappa shape index (κ3) is 2.74. The standard InChI is InChI=1S/C18H26N4O2/c1-21-17-15(22(18(21)23)13-4-3-9-20-12-13)5-2-6-16(17)24-14-7-10-19-11-8-14/h2,5-6,13-14,19-20H,3-4,7-12H2,1H3. The summed E-state index contributed by atoms with van der Waals surface area (Å²) in [5.41, 5.74) is 1.97. The topological polar surface area (TPSA) is 60.2 Å². The number of hydrogen-bond donors (Lipinski definition) is 2. The van der Waals surface area contributed by atoms with Gasteiger partial charge in [0.1, 0.15) is 17.4 Å². The average molecular weight is 330 g/mol. The maximum absolute atomic E-state index is 12.9. The molecule has 1 aromatic carbocycles. The van der Waals surface area contributed by atoms with Crippen molar-refractivity contribution in [3.63, 3.8) is 0 Å². The molecule has 2 N–H and O–H groups in total. The predicted octanol–water partition coefficient (Wildman–Crippen LogP) is 1.40. The molecule has 2 aliphatic rings. The highest BCUT2D eigenvalue weighted by atomic mass is 16.5. The molecule has 0 aliphatic carbocycles. The highest BCUT2D eigenvalue weighted by molar-refractivity contribution is 5.82. The van der Waals surface area contributed by atoms with Crippen molar-refractivity contribution in [2.75, 3.05) is 26.2 Å². The normalized spacial score (nSPS) is 22.8. The molecule has 2 aromatic rings. The molecule has 2 fully saturated rings. The minimum absolute atomic E-state index is 0.0556. The number of ether oxygens (including phenoxy) is 1. The van der Waals surface area contributed by atoms with Crippen molar-refractivity contribution in [3.05, 3.63) is 28.7 Å². The SMILES string of the molecule is Cn1c(=O)n(C2CCCNC2)c2cccc(OC3CCNCC3)c21. The summed E-state index contributed by atoms with van der Waals surface area (Å²) >= 11 is 0. The van der Waals surface area contributed by atoms with E-state index in [0.717, 1.165) is 68.6 Å². The van der Waals surface area contributed by atoms with E-state index in [0.29, 0.717) is 0 Å². The summed E-state index contributed by atoms with van der Waals surface area (Å²) in [6.07, 6.45) is 4.41. The predicted molar refractivity (Wildman–Crippen MR) is 94.8 cm³/mol. The molecule has 0 bridgehead atoms. The number of rotatable bonds is 3. The monoisotopic (exact) mass is 330 g/mol. The van der Waals surface area contributed by atoms with Crippen molar-refractivity contribution in [3.8, 4) is 5.75 Å². The Morgan fingerprint density at radius 3 is 2.71 bits per heavy atom. The molecule has 1 unspecified atom stereocenters. The second kappa shape index (κ2) is 6.61. The lowest BCUT2D eigenvalue weighted by molar-refractivity contribution is 0.164. The summed E-state index contributed by atoms with van der Waals surface area (Å²) in [5, 5.41) is 6.77. The fourth-order valence-electron chi connectivity index (χ4n) is 4.00. The first-order valence-electron chi connectivity index (χ1n) is 9.04. The molecule has 24 heavy (non-hydrogen) atoms. The Morgan fingerprint density at radius 2 is 1.96 bits per heavy atom. The molecule has 1 aromatic heterocycles. The van der Waals surface area contributed by atoms with Crippen LogP contribution in [-0.2, 0) is 7.05 Å². The zero-order chi connectivity index (χ0) is 16.5. The van der Waals surface area contributed by atoms with Gasteiger partial charge in [0, 0.05) is 13.6 Å². The van der Waals surface area contributed by atoms with E-state index in [9.17, 15) is 4.79 Å². The van der Waals surface area contributed by atoms with Crippen LogP contribution in [0.2, 0.25) is 0 Å². The van der Waals surface area contributed by atoms with E-state index < -0.39 is 0 Å². The molecule has 1 atom stereocenters. The van der Waals surface area contributed by atoms with Gasteiger partial charge >= 0.3 is 5.69 Å². The van der Waals surface area contributed by atoms with Crippen molar-refractivity contribution >= 4 is 11.0 Å². The van der Waals surface area contributed by atoms with Crippen molar-refractivity contribution in [1.29, 1.82) is 0 Å². The second-order valence-electron chi connectivity index (χ2n) is 6.90. The van der Waals surface area contributed by atoms with Crippen LogP contribution in [0.4, 0.5) is 0 Å². The highest BCUT2D eigenvalue weighted by Gasteiger charge is 2.24. The first kappa shape index (κ1) is 15.7. The summed E-state index contributed by atoms with van der Waals surface area (Å²) in [6.45, 7) is 3.89. The van der Waals surface area contributed by atoms with Gasteiger partial charge in [0.05, 0.1) is 11.6 Å². The van der Waals surface area contributed by atoms with E-state index in [1.165, 1.54) is 0 Å². The van der Waals surface area contributed by atoms with Crippen LogP contribution in [0.5, 0.6) is 5.75 Å². The number of hydrogen-bond acceptors (Lipinski definition) is 4. The Morgan fingerprint density at radius 1 is 1.12 bits per heavy atom. The number of imidazole rings is 1.